The molecule has 0 spiro atoms. The number of fused-ring (bicyclic) bond motifs is 1. The van der Waals surface area contributed by atoms with E-state index in [4.69, 9.17) is 15.2 Å². The van der Waals surface area contributed by atoms with Gasteiger partial charge in [-0.05, 0) is 49.6 Å². The average molecular weight is 544 g/mol. The maximum atomic E-state index is 14.3. The van der Waals surface area contributed by atoms with Crippen molar-refractivity contribution in [1.29, 1.82) is 0 Å². The molecule has 0 atom stereocenters. The summed E-state index contributed by atoms with van der Waals surface area (Å²) in [5, 5.41) is 4.50. The second-order valence-corrected chi connectivity index (χ2v) is 9.39. The molecule has 1 aromatic heterocycles. The number of carbonyl (C=O) groups is 1. The number of alkyl halides is 3. The molecule has 3 aromatic rings. The molecule has 2 aromatic carbocycles. The molecule has 9 nitrogen and oxygen atoms in total. The van der Waals surface area contributed by atoms with Gasteiger partial charge in [0.15, 0.2) is 0 Å². The number of hydrogen-bond acceptors (Lipinski definition) is 7. The van der Waals surface area contributed by atoms with Gasteiger partial charge in [0.1, 0.15) is 17.2 Å². The Kier molecular flexibility index (Phi) is 6.98. The van der Waals surface area contributed by atoms with E-state index >= 15 is 0 Å². The summed E-state index contributed by atoms with van der Waals surface area (Å²) in [6, 6.07) is 8.67. The molecule has 0 bridgehead atoms. The van der Waals surface area contributed by atoms with E-state index in [9.17, 15) is 22.8 Å². The van der Waals surface area contributed by atoms with Crippen molar-refractivity contribution in [3.63, 3.8) is 0 Å². The summed E-state index contributed by atoms with van der Waals surface area (Å²) in [6.07, 6.45) is -2.64. The molecule has 1 amide bonds. The molecule has 206 valence electrons. The molecule has 12 heteroatoms. The van der Waals surface area contributed by atoms with Gasteiger partial charge in [0.25, 0.3) is 5.56 Å². The van der Waals surface area contributed by atoms with E-state index in [1.165, 1.54) is 31.3 Å². The van der Waals surface area contributed by atoms with Crippen molar-refractivity contribution in [3.8, 4) is 28.4 Å². The van der Waals surface area contributed by atoms with E-state index in [-0.39, 0.29) is 30.9 Å². The number of carbonyl (C=O) groups excluding carboxylic acids is 1. The van der Waals surface area contributed by atoms with Crippen LogP contribution in [0.15, 0.2) is 41.2 Å². The van der Waals surface area contributed by atoms with Gasteiger partial charge in [-0.2, -0.15) is 23.0 Å². The lowest BCUT2D eigenvalue weighted by molar-refractivity contribution is -0.137. The standard InChI is InChI=1S/C27H28F3N5O4/c1-38-18-11-16(12-19(14-18)39-2)24-20-7-10-34(23(36)15-31)25(20)26(37)35(32-24)22-13-17(33-8-3-4-9-33)5-6-21(22)27(28,29)30/h5-6,11-14H,3-4,7-10,15,31H2,1-2H3. The van der Waals surface area contributed by atoms with E-state index < -0.39 is 28.9 Å². The van der Waals surface area contributed by atoms with Crippen LogP contribution in [-0.2, 0) is 17.4 Å². The van der Waals surface area contributed by atoms with Crippen LogP contribution in [-0.4, -0.2) is 56.1 Å². The van der Waals surface area contributed by atoms with E-state index in [1.807, 2.05) is 4.90 Å². The highest BCUT2D eigenvalue weighted by Gasteiger charge is 2.37. The first-order valence-corrected chi connectivity index (χ1v) is 12.5. The SMILES string of the molecule is COc1cc(OC)cc(-c2nn(-c3cc(N4CCCC4)ccc3C(F)(F)F)c(=O)c3c2CCN3C(=O)CN)c1. The lowest BCUT2D eigenvalue weighted by atomic mass is 10.0. The highest BCUT2D eigenvalue weighted by molar-refractivity contribution is 5.97. The molecule has 1 fully saturated rings. The van der Waals surface area contributed by atoms with Gasteiger partial charge in [-0.25, -0.2) is 0 Å². The van der Waals surface area contributed by atoms with Crippen LogP contribution in [0.5, 0.6) is 11.5 Å². The van der Waals surface area contributed by atoms with E-state index in [0.717, 1.165) is 23.6 Å². The Balaban J connectivity index is 1.82. The van der Waals surface area contributed by atoms with Crippen LogP contribution in [0.1, 0.15) is 24.0 Å². The second-order valence-electron chi connectivity index (χ2n) is 9.39. The molecule has 0 aliphatic carbocycles. The Morgan fingerprint density at radius 1 is 1.03 bits per heavy atom. The third-order valence-corrected chi connectivity index (χ3v) is 7.11. The predicted molar refractivity (Wildman–Crippen MR) is 140 cm³/mol. The highest BCUT2D eigenvalue weighted by Crippen LogP contribution is 2.39. The number of benzene rings is 2. The summed E-state index contributed by atoms with van der Waals surface area (Å²) >= 11 is 0. The summed E-state index contributed by atoms with van der Waals surface area (Å²) in [7, 11) is 2.94. The Hall–Kier alpha value is -4.06. The zero-order valence-corrected chi connectivity index (χ0v) is 21.5. The van der Waals surface area contributed by atoms with Crippen LogP contribution in [0.25, 0.3) is 16.9 Å². The van der Waals surface area contributed by atoms with Gasteiger partial charge in [-0.15, -0.1) is 0 Å². The average Bonchev–Trinajstić information content (AvgIpc) is 3.63. The maximum absolute atomic E-state index is 14.3. The number of nitrogens with zero attached hydrogens (tertiary/aromatic N) is 4. The fraction of sp³-hybridized carbons (Fsp3) is 0.370. The molecule has 0 radical (unpaired) electrons. The molecular weight excluding hydrogens is 515 g/mol. The minimum Gasteiger partial charge on any atom is -0.497 e. The van der Waals surface area contributed by atoms with Gasteiger partial charge in [-0.1, -0.05) is 0 Å². The van der Waals surface area contributed by atoms with E-state index in [1.54, 1.807) is 18.2 Å². The van der Waals surface area contributed by atoms with Crippen molar-refractivity contribution in [1.82, 2.24) is 9.78 Å². The zero-order chi connectivity index (χ0) is 27.9. The molecule has 2 aliphatic heterocycles. The number of amides is 1. The molecule has 0 unspecified atom stereocenters. The number of rotatable bonds is 6. The van der Waals surface area contributed by atoms with Crippen LogP contribution in [0, 0.1) is 0 Å². The van der Waals surface area contributed by atoms with Crippen LogP contribution in [0.4, 0.5) is 24.5 Å². The summed E-state index contributed by atoms with van der Waals surface area (Å²) in [4.78, 5) is 29.8. The first kappa shape index (κ1) is 26.5. The van der Waals surface area contributed by atoms with E-state index in [2.05, 4.69) is 5.10 Å². The molecule has 5 rings (SSSR count). The first-order chi connectivity index (χ1) is 18.7. The minimum atomic E-state index is -4.76. The molecule has 0 saturated carbocycles. The largest absolute Gasteiger partial charge is 0.497 e. The molecule has 2 aliphatic rings. The number of anilines is 2. The molecule has 39 heavy (non-hydrogen) atoms. The van der Waals surface area contributed by atoms with Crippen molar-refractivity contribution in [2.45, 2.75) is 25.4 Å². The lowest BCUT2D eigenvalue weighted by Gasteiger charge is -2.23. The Bertz CT molecular complexity index is 1460. The quantitative estimate of drug-likeness (QED) is 0.509. The first-order valence-electron chi connectivity index (χ1n) is 12.5. The predicted octanol–water partition coefficient (Wildman–Crippen LogP) is 3.38. The maximum Gasteiger partial charge on any atom is 0.418 e. The number of ether oxygens (including phenoxy) is 2. The van der Waals surface area contributed by atoms with Crippen LogP contribution in [0.3, 0.4) is 0 Å². The number of halogens is 3. The van der Waals surface area contributed by atoms with Crippen molar-refractivity contribution >= 4 is 17.3 Å². The number of aromatic nitrogens is 2. The molecule has 3 heterocycles. The minimum absolute atomic E-state index is 0.0306. The topological polar surface area (TPSA) is 103 Å². The van der Waals surface area contributed by atoms with Gasteiger partial charge in [0.05, 0.1) is 37.7 Å². The number of nitrogens with two attached hydrogens (primary N) is 1. The normalized spacial score (nSPS) is 15.0. The monoisotopic (exact) mass is 543 g/mol. The molecular formula is C27H28F3N5O4. The molecule has 1 saturated heterocycles. The summed E-state index contributed by atoms with van der Waals surface area (Å²) in [5.74, 6) is 0.342. The Labute approximate surface area is 222 Å². The van der Waals surface area contributed by atoms with Crippen LogP contribution in [0.2, 0.25) is 0 Å². The van der Waals surface area contributed by atoms with Gasteiger partial charge in [0.2, 0.25) is 5.91 Å². The third-order valence-electron chi connectivity index (χ3n) is 7.11. The molecule has 2 N–H and O–H groups in total. The van der Waals surface area contributed by atoms with Crippen LogP contribution >= 0.6 is 0 Å². The Morgan fingerprint density at radius 3 is 2.28 bits per heavy atom. The van der Waals surface area contributed by atoms with Crippen molar-refractivity contribution in [2.75, 3.05) is 50.2 Å². The van der Waals surface area contributed by atoms with Gasteiger partial charge < -0.3 is 25.0 Å². The van der Waals surface area contributed by atoms with Crippen LogP contribution < -0.4 is 30.6 Å². The number of methoxy groups -OCH3 is 2. The third kappa shape index (κ3) is 4.80. The van der Waals surface area contributed by atoms with Crippen molar-refractivity contribution < 1.29 is 27.4 Å². The highest BCUT2D eigenvalue weighted by atomic mass is 19.4. The van der Waals surface area contributed by atoms with Gasteiger partial charge >= 0.3 is 6.18 Å². The smallest absolute Gasteiger partial charge is 0.418 e. The van der Waals surface area contributed by atoms with Crippen molar-refractivity contribution in [2.24, 2.45) is 5.73 Å². The fourth-order valence-corrected chi connectivity index (χ4v) is 5.20. The summed E-state index contributed by atoms with van der Waals surface area (Å²) < 4.78 is 54.3. The second kappa shape index (κ2) is 10.3. The van der Waals surface area contributed by atoms with Crippen molar-refractivity contribution in [3.05, 3.63) is 57.9 Å². The fourth-order valence-electron chi connectivity index (χ4n) is 5.20. The van der Waals surface area contributed by atoms with Gasteiger partial charge in [0, 0.05) is 42.5 Å². The summed E-state index contributed by atoms with van der Waals surface area (Å²) in [6.45, 7) is 1.19. The Morgan fingerprint density at radius 2 is 1.69 bits per heavy atom. The zero-order valence-electron chi connectivity index (χ0n) is 21.5. The number of hydrogen-bond donors (Lipinski definition) is 1. The lowest BCUT2D eigenvalue weighted by Crippen LogP contribution is -2.39. The van der Waals surface area contributed by atoms with Gasteiger partial charge in [-0.3, -0.25) is 9.59 Å². The van der Waals surface area contributed by atoms with E-state index in [0.29, 0.717) is 41.4 Å². The summed E-state index contributed by atoms with van der Waals surface area (Å²) in [5.41, 5.74) is 5.03.